The molecule has 3 amide bonds. The number of hydrogen-bond acceptors (Lipinski definition) is 6. The van der Waals surface area contributed by atoms with Crippen LogP contribution in [0, 0.1) is 5.92 Å². The second-order valence-corrected chi connectivity index (χ2v) is 6.31. The topological polar surface area (TPSA) is 188 Å². The predicted octanol–water partition coefficient (Wildman–Crippen LogP) is -1.58. The molecule has 0 radical (unpaired) electrons. The van der Waals surface area contributed by atoms with Crippen LogP contribution >= 0.6 is 0 Å². The van der Waals surface area contributed by atoms with Crippen molar-refractivity contribution in [3.63, 3.8) is 0 Å². The van der Waals surface area contributed by atoms with Crippen molar-refractivity contribution in [2.75, 3.05) is 13.1 Å². The van der Waals surface area contributed by atoms with E-state index in [4.69, 9.17) is 15.9 Å². The first kappa shape index (κ1) is 24.3. The molecule has 0 saturated heterocycles. The summed E-state index contributed by atoms with van der Waals surface area (Å²) in [6.45, 7) is 3.17. The Hall–Kier alpha value is -2.69. The Kier molecular flexibility index (Phi) is 11.4. The van der Waals surface area contributed by atoms with E-state index in [-0.39, 0.29) is 12.3 Å². The molecule has 11 nitrogen and oxygen atoms in total. The van der Waals surface area contributed by atoms with Crippen LogP contribution in [0.25, 0.3) is 0 Å². The van der Waals surface area contributed by atoms with Crippen molar-refractivity contribution in [2.45, 2.75) is 51.6 Å². The number of carbonyl (C=O) groups excluding carboxylic acids is 3. The predicted molar refractivity (Wildman–Crippen MR) is 94.5 cm³/mol. The van der Waals surface area contributed by atoms with Gasteiger partial charge in [-0.05, 0) is 25.3 Å². The van der Waals surface area contributed by atoms with Crippen LogP contribution in [0.5, 0.6) is 0 Å². The Morgan fingerprint density at radius 3 is 2.07 bits per heavy atom. The van der Waals surface area contributed by atoms with E-state index in [1.807, 2.05) is 0 Å². The standard InChI is InChI=1S/C16H28N4O7/c1-9(2)14(16(26)27)20-15(25)10(7-13(23)24)19-12(22)8-18-11(21)5-3-4-6-17/h9-10,14H,3-8,17H2,1-2H3,(H,18,21)(H,19,22)(H,20,25)(H,23,24)(H,26,27)/t10-,14-/m0/s1. The SMILES string of the molecule is CC(C)[C@H](NC(=O)[C@H](CC(=O)O)NC(=O)CNC(=O)CCCCN)C(=O)O. The van der Waals surface area contributed by atoms with Gasteiger partial charge in [-0.2, -0.15) is 0 Å². The molecule has 0 unspecified atom stereocenters. The quantitative estimate of drug-likeness (QED) is 0.204. The van der Waals surface area contributed by atoms with Gasteiger partial charge in [-0.25, -0.2) is 4.79 Å². The minimum atomic E-state index is -1.47. The minimum Gasteiger partial charge on any atom is -0.481 e. The van der Waals surface area contributed by atoms with Gasteiger partial charge in [0, 0.05) is 6.42 Å². The zero-order valence-electron chi connectivity index (χ0n) is 15.5. The molecule has 154 valence electrons. The van der Waals surface area contributed by atoms with Crippen LogP contribution in [0.4, 0.5) is 0 Å². The Bertz CT molecular complexity index is 551. The molecule has 0 aliphatic heterocycles. The van der Waals surface area contributed by atoms with Gasteiger partial charge in [0.25, 0.3) is 0 Å². The van der Waals surface area contributed by atoms with Crippen molar-refractivity contribution in [3.05, 3.63) is 0 Å². The molecule has 0 aromatic carbocycles. The lowest BCUT2D eigenvalue weighted by Gasteiger charge is -2.22. The van der Waals surface area contributed by atoms with E-state index < -0.39 is 54.7 Å². The molecule has 0 aromatic heterocycles. The molecular weight excluding hydrogens is 360 g/mol. The lowest BCUT2D eigenvalue weighted by molar-refractivity contribution is -0.144. The number of aliphatic carboxylic acids is 2. The third kappa shape index (κ3) is 10.8. The zero-order chi connectivity index (χ0) is 21.0. The summed E-state index contributed by atoms with van der Waals surface area (Å²) in [4.78, 5) is 57.7. The maximum atomic E-state index is 12.2. The highest BCUT2D eigenvalue weighted by Crippen LogP contribution is 2.03. The molecule has 0 spiro atoms. The van der Waals surface area contributed by atoms with Gasteiger partial charge in [-0.3, -0.25) is 19.2 Å². The normalized spacial score (nSPS) is 12.7. The van der Waals surface area contributed by atoms with E-state index in [0.717, 1.165) is 0 Å². The molecule has 0 saturated carbocycles. The van der Waals surface area contributed by atoms with E-state index in [9.17, 15) is 24.0 Å². The van der Waals surface area contributed by atoms with Crippen molar-refractivity contribution in [1.82, 2.24) is 16.0 Å². The molecule has 0 fully saturated rings. The van der Waals surface area contributed by atoms with Crippen molar-refractivity contribution in [2.24, 2.45) is 11.7 Å². The van der Waals surface area contributed by atoms with Gasteiger partial charge in [0.1, 0.15) is 12.1 Å². The van der Waals surface area contributed by atoms with Gasteiger partial charge in [0.05, 0.1) is 13.0 Å². The van der Waals surface area contributed by atoms with Crippen LogP contribution in [0.3, 0.4) is 0 Å². The van der Waals surface area contributed by atoms with Crippen LogP contribution in [0.2, 0.25) is 0 Å². The molecule has 11 heteroatoms. The van der Waals surface area contributed by atoms with Crippen molar-refractivity contribution >= 4 is 29.7 Å². The lowest BCUT2D eigenvalue weighted by Crippen LogP contribution is -2.54. The zero-order valence-corrected chi connectivity index (χ0v) is 15.5. The number of unbranched alkanes of at least 4 members (excludes halogenated alkanes) is 1. The molecule has 0 rings (SSSR count). The maximum absolute atomic E-state index is 12.2. The fourth-order valence-corrected chi connectivity index (χ4v) is 2.09. The molecule has 0 aromatic rings. The number of nitrogens with two attached hydrogens (primary N) is 1. The minimum absolute atomic E-state index is 0.193. The maximum Gasteiger partial charge on any atom is 0.326 e. The van der Waals surface area contributed by atoms with Crippen LogP contribution in [0.1, 0.15) is 39.5 Å². The Morgan fingerprint density at radius 1 is 0.963 bits per heavy atom. The Morgan fingerprint density at radius 2 is 1.59 bits per heavy atom. The highest BCUT2D eigenvalue weighted by atomic mass is 16.4. The molecule has 0 heterocycles. The second kappa shape index (κ2) is 12.6. The first-order chi connectivity index (χ1) is 12.6. The van der Waals surface area contributed by atoms with E-state index in [1.165, 1.54) is 0 Å². The van der Waals surface area contributed by atoms with Gasteiger partial charge in [-0.15, -0.1) is 0 Å². The first-order valence-corrected chi connectivity index (χ1v) is 8.59. The summed E-state index contributed by atoms with van der Waals surface area (Å²) in [7, 11) is 0. The van der Waals surface area contributed by atoms with Crippen molar-refractivity contribution in [3.8, 4) is 0 Å². The molecular formula is C16H28N4O7. The van der Waals surface area contributed by atoms with Gasteiger partial charge in [0.15, 0.2) is 0 Å². The van der Waals surface area contributed by atoms with Gasteiger partial charge >= 0.3 is 11.9 Å². The lowest BCUT2D eigenvalue weighted by atomic mass is 10.0. The van der Waals surface area contributed by atoms with Crippen molar-refractivity contribution in [1.29, 1.82) is 0 Å². The summed E-state index contributed by atoms with van der Waals surface area (Å²) in [5, 5.41) is 24.8. The highest BCUT2D eigenvalue weighted by Gasteiger charge is 2.29. The summed E-state index contributed by atoms with van der Waals surface area (Å²) < 4.78 is 0. The largest absolute Gasteiger partial charge is 0.481 e. The molecule has 7 N–H and O–H groups in total. The van der Waals surface area contributed by atoms with E-state index in [1.54, 1.807) is 13.8 Å². The number of carboxylic acid groups (broad SMARTS) is 2. The monoisotopic (exact) mass is 388 g/mol. The molecule has 0 bridgehead atoms. The van der Waals surface area contributed by atoms with Crippen LogP contribution in [-0.2, 0) is 24.0 Å². The summed E-state index contributed by atoms with van der Waals surface area (Å²) in [6.07, 6.45) is 0.700. The Balaban J connectivity index is 4.73. The van der Waals surface area contributed by atoms with Crippen LogP contribution in [0.15, 0.2) is 0 Å². The third-order valence-corrected chi connectivity index (χ3v) is 3.57. The Labute approximate surface area is 157 Å². The van der Waals surface area contributed by atoms with E-state index >= 15 is 0 Å². The number of carbonyl (C=O) groups is 5. The first-order valence-electron chi connectivity index (χ1n) is 8.59. The van der Waals surface area contributed by atoms with E-state index in [0.29, 0.717) is 19.4 Å². The van der Waals surface area contributed by atoms with Gasteiger partial charge in [0.2, 0.25) is 17.7 Å². The number of hydrogen-bond donors (Lipinski definition) is 6. The average Bonchev–Trinajstić information content (AvgIpc) is 2.56. The number of amides is 3. The van der Waals surface area contributed by atoms with Crippen LogP contribution in [-0.4, -0.2) is 65.0 Å². The van der Waals surface area contributed by atoms with Gasteiger partial charge in [-0.1, -0.05) is 13.8 Å². The summed E-state index contributed by atoms with van der Waals surface area (Å²) >= 11 is 0. The molecule has 27 heavy (non-hydrogen) atoms. The van der Waals surface area contributed by atoms with Crippen molar-refractivity contribution < 1.29 is 34.2 Å². The molecule has 0 aliphatic carbocycles. The van der Waals surface area contributed by atoms with Crippen LogP contribution < -0.4 is 21.7 Å². The fourth-order valence-electron chi connectivity index (χ4n) is 2.09. The second-order valence-electron chi connectivity index (χ2n) is 6.31. The molecule has 0 aliphatic rings. The highest BCUT2D eigenvalue weighted by molar-refractivity contribution is 5.94. The van der Waals surface area contributed by atoms with Gasteiger partial charge < -0.3 is 31.9 Å². The smallest absolute Gasteiger partial charge is 0.326 e. The summed E-state index contributed by atoms with van der Waals surface area (Å²) in [6, 6.07) is -2.70. The summed E-state index contributed by atoms with van der Waals surface area (Å²) in [5.41, 5.74) is 5.31. The fraction of sp³-hybridized carbons (Fsp3) is 0.688. The number of rotatable bonds is 13. The molecule has 2 atom stereocenters. The average molecular weight is 388 g/mol. The summed E-state index contributed by atoms with van der Waals surface area (Å²) in [5.74, 6) is -5.13. The number of nitrogens with one attached hydrogen (secondary N) is 3. The third-order valence-electron chi connectivity index (χ3n) is 3.57. The number of carboxylic acids is 2. The van der Waals surface area contributed by atoms with E-state index in [2.05, 4.69) is 16.0 Å².